The van der Waals surface area contributed by atoms with Gasteiger partial charge in [-0.25, -0.2) is 0 Å². The normalized spacial score (nSPS) is 30.0. The molecule has 0 aromatic carbocycles. The van der Waals surface area contributed by atoms with E-state index in [4.69, 9.17) is 10.5 Å². The molecule has 2 N–H and O–H groups in total. The van der Waals surface area contributed by atoms with Gasteiger partial charge in [-0.3, -0.25) is 4.79 Å². The molecule has 2 atom stereocenters. The minimum absolute atomic E-state index is 0.0295. The topological polar surface area (TPSA) is 52.3 Å². The van der Waals surface area contributed by atoms with Gasteiger partial charge in [-0.2, -0.15) is 0 Å². The molecule has 104 valence electrons. The van der Waals surface area contributed by atoms with Crippen molar-refractivity contribution in [2.45, 2.75) is 77.4 Å². The highest BCUT2D eigenvalue weighted by molar-refractivity contribution is 5.71. The molecule has 1 aliphatic heterocycles. The smallest absolute Gasteiger partial charge is 0.306 e. The number of hydrogen-bond acceptors (Lipinski definition) is 3. The fraction of sp³-hybridized carbons (Fsp3) is 0.933. The van der Waals surface area contributed by atoms with Crippen LogP contribution in [0.4, 0.5) is 0 Å². The molecule has 18 heavy (non-hydrogen) atoms. The van der Waals surface area contributed by atoms with Crippen LogP contribution in [0.3, 0.4) is 0 Å². The van der Waals surface area contributed by atoms with Gasteiger partial charge in [0.25, 0.3) is 0 Å². The molecular formula is C15H27NO2. The predicted molar refractivity (Wildman–Crippen MR) is 72.1 cm³/mol. The van der Waals surface area contributed by atoms with Crippen LogP contribution >= 0.6 is 0 Å². The van der Waals surface area contributed by atoms with Crippen LogP contribution in [0.15, 0.2) is 0 Å². The Kier molecular flexibility index (Phi) is 3.72. The average Bonchev–Trinajstić information content (AvgIpc) is 2.76. The van der Waals surface area contributed by atoms with E-state index in [1.54, 1.807) is 0 Å². The maximum Gasteiger partial charge on any atom is 0.306 e. The molecular weight excluding hydrogens is 226 g/mol. The third-order valence-corrected chi connectivity index (χ3v) is 5.48. The molecule has 0 aromatic rings. The molecule has 2 rings (SSSR count). The Bertz CT molecular complexity index is 318. The molecule has 1 aliphatic carbocycles. The summed E-state index contributed by atoms with van der Waals surface area (Å²) in [4.78, 5) is 11.3. The zero-order valence-corrected chi connectivity index (χ0v) is 12.0. The van der Waals surface area contributed by atoms with Gasteiger partial charge in [0.15, 0.2) is 0 Å². The Hall–Kier alpha value is -0.570. The zero-order valence-electron chi connectivity index (χ0n) is 12.0. The van der Waals surface area contributed by atoms with Crippen molar-refractivity contribution < 1.29 is 9.53 Å². The van der Waals surface area contributed by atoms with Crippen molar-refractivity contribution in [2.75, 3.05) is 0 Å². The number of ether oxygens (including phenoxy) is 1. The van der Waals surface area contributed by atoms with Crippen molar-refractivity contribution in [3.63, 3.8) is 0 Å². The van der Waals surface area contributed by atoms with Crippen molar-refractivity contribution in [3.05, 3.63) is 0 Å². The van der Waals surface area contributed by atoms with Gasteiger partial charge in [0.1, 0.15) is 6.10 Å². The van der Waals surface area contributed by atoms with Gasteiger partial charge in [0.2, 0.25) is 0 Å². The summed E-state index contributed by atoms with van der Waals surface area (Å²) in [6, 6.07) is 0. The summed E-state index contributed by atoms with van der Waals surface area (Å²) in [6.07, 6.45) is 7.47. The molecule has 1 saturated heterocycles. The number of hydrogen-bond donors (Lipinski definition) is 1. The van der Waals surface area contributed by atoms with E-state index in [-0.39, 0.29) is 23.0 Å². The molecule has 0 amide bonds. The van der Waals surface area contributed by atoms with Crippen molar-refractivity contribution in [1.29, 1.82) is 0 Å². The Morgan fingerprint density at radius 3 is 2.44 bits per heavy atom. The molecule has 2 fully saturated rings. The molecule has 1 saturated carbocycles. The maximum atomic E-state index is 11.3. The molecule has 0 radical (unpaired) electrons. The van der Waals surface area contributed by atoms with Gasteiger partial charge in [-0.1, -0.05) is 40.0 Å². The third-order valence-electron chi connectivity index (χ3n) is 5.48. The zero-order chi connectivity index (χ0) is 13.4. The van der Waals surface area contributed by atoms with E-state index < -0.39 is 0 Å². The summed E-state index contributed by atoms with van der Waals surface area (Å²) in [5.74, 6) is 0.330. The number of nitrogens with two attached hydrogens (primary N) is 1. The maximum absolute atomic E-state index is 11.3. The van der Waals surface area contributed by atoms with Gasteiger partial charge >= 0.3 is 5.97 Å². The second kappa shape index (κ2) is 4.84. The monoisotopic (exact) mass is 253 g/mol. The molecule has 2 aliphatic rings. The highest BCUT2D eigenvalue weighted by Crippen LogP contribution is 2.46. The lowest BCUT2D eigenvalue weighted by Gasteiger charge is -2.48. The van der Waals surface area contributed by atoms with Gasteiger partial charge in [-0.05, 0) is 25.2 Å². The van der Waals surface area contributed by atoms with Crippen LogP contribution in [0.25, 0.3) is 0 Å². The first-order valence-corrected chi connectivity index (χ1v) is 7.34. The lowest BCUT2D eigenvalue weighted by molar-refractivity contribution is -0.148. The second-order valence-corrected chi connectivity index (χ2v) is 6.85. The van der Waals surface area contributed by atoms with Crippen LogP contribution in [0, 0.1) is 11.3 Å². The Morgan fingerprint density at radius 2 is 1.94 bits per heavy atom. The molecule has 2 unspecified atom stereocenters. The van der Waals surface area contributed by atoms with E-state index in [0.717, 1.165) is 19.3 Å². The largest absolute Gasteiger partial charge is 0.462 e. The molecule has 3 nitrogen and oxygen atoms in total. The van der Waals surface area contributed by atoms with Gasteiger partial charge in [0, 0.05) is 17.4 Å². The van der Waals surface area contributed by atoms with E-state index in [9.17, 15) is 4.79 Å². The minimum Gasteiger partial charge on any atom is -0.462 e. The summed E-state index contributed by atoms with van der Waals surface area (Å²) in [7, 11) is 0. The van der Waals surface area contributed by atoms with E-state index in [1.807, 2.05) is 0 Å². The lowest BCUT2D eigenvalue weighted by atomic mass is 9.61. The van der Waals surface area contributed by atoms with Gasteiger partial charge < -0.3 is 10.5 Å². The number of esters is 1. The lowest BCUT2D eigenvalue weighted by Crippen LogP contribution is -2.55. The van der Waals surface area contributed by atoms with Crippen molar-refractivity contribution in [1.82, 2.24) is 0 Å². The summed E-state index contributed by atoms with van der Waals surface area (Å²) < 4.78 is 5.49. The predicted octanol–water partition coefficient (Wildman–Crippen LogP) is 3.02. The van der Waals surface area contributed by atoms with E-state index >= 15 is 0 Å². The Morgan fingerprint density at radius 1 is 1.33 bits per heavy atom. The number of rotatable bonds is 3. The molecule has 1 heterocycles. The Balaban J connectivity index is 2.10. The van der Waals surface area contributed by atoms with Crippen molar-refractivity contribution >= 4 is 5.97 Å². The first kappa shape index (κ1) is 13.9. The summed E-state index contributed by atoms with van der Waals surface area (Å²) in [6.45, 7) is 6.67. The fourth-order valence-electron chi connectivity index (χ4n) is 3.71. The summed E-state index contributed by atoms with van der Waals surface area (Å²) in [5, 5.41) is 0. The van der Waals surface area contributed by atoms with E-state index in [1.165, 1.54) is 19.3 Å². The molecule has 0 aromatic heterocycles. The Labute approximate surface area is 110 Å². The van der Waals surface area contributed by atoms with Crippen LogP contribution in [0.1, 0.15) is 65.7 Å². The standard InChI is InChI=1S/C15H27NO2/c1-11(15(16)9-5-4-6-10-15)14(2,3)12-7-8-13(17)18-12/h11-12H,4-10,16H2,1-3H3. The third kappa shape index (κ3) is 2.42. The van der Waals surface area contributed by atoms with E-state index in [0.29, 0.717) is 12.3 Å². The second-order valence-electron chi connectivity index (χ2n) is 6.85. The van der Waals surface area contributed by atoms with Crippen LogP contribution in [-0.4, -0.2) is 17.6 Å². The average molecular weight is 253 g/mol. The highest BCUT2D eigenvalue weighted by Gasteiger charge is 2.48. The number of cyclic esters (lactones) is 1. The van der Waals surface area contributed by atoms with Crippen LogP contribution in [0.5, 0.6) is 0 Å². The van der Waals surface area contributed by atoms with Crippen LogP contribution < -0.4 is 5.73 Å². The molecule has 0 bridgehead atoms. The van der Waals surface area contributed by atoms with E-state index in [2.05, 4.69) is 20.8 Å². The number of carbonyl (C=O) groups is 1. The molecule has 3 heteroatoms. The van der Waals surface area contributed by atoms with Crippen molar-refractivity contribution in [3.8, 4) is 0 Å². The first-order valence-electron chi connectivity index (χ1n) is 7.34. The summed E-state index contributed by atoms with van der Waals surface area (Å²) >= 11 is 0. The first-order chi connectivity index (χ1) is 8.36. The highest BCUT2D eigenvalue weighted by atomic mass is 16.5. The van der Waals surface area contributed by atoms with Gasteiger partial charge in [0.05, 0.1) is 0 Å². The van der Waals surface area contributed by atoms with Crippen LogP contribution in [-0.2, 0) is 9.53 Å². The van der Waals surface area contributed by atoms with Crippen LogP contribution in [0.2, 0.25) is 0 Å². The number of carbonyl (C=O) groups excluding carboxylic acids is 1. The SMILES string of the molecule is CC(C1(N)CCCCC1)C(C)(C)C1CCC(=O)O1. The molecule has 0 spiro atoms. The summed E-state index contributed by atoms with van der Waals surface area (Å²) in [5.41, 5.74) is 6.55. The van der Waals surface area contributed by atoms with Gasteiger partial charge in [-0.15, -0.1) is 0 Å². The fourth-order valence-corrected chi connectivity index (χ4v) is 3.71. The quantitative estimate of drug-likeness (QED) is 0.787. The minimum atomic E-state index is -0.0727. The van der Waals surface area contributed by atoms with Crippen molar-refractivity contribution in [2.24, 2.45) is 17.1 Å².